The molecule has 9 heavy (non-hydrogen) atoms. The molecule has 0 aromatic rings. The summed E-state index contributed by atoms with van der Waals surface area (Å²) in [4.78, 5) is 0. The van der Waals surface area contributed by atoms with Crippen molar-refractivity contribution in [2.45, 2.75) is 19.3 Å². The third kappa shape index (κ3) is 1.99. The summed E-state index contributed by atoms with van der Waals surface area (Å²) in [5, 5.41) is 8.68. The zero-order valence-electron chi connectivity index (χ0n) is 5.47. The summed E-state index contributed by atoms with van der Waals surface area (Å²) in [6.45, 7) is 4.15. The van der Waals surface area contributed by atoms with Gasteiger partial charge in [-0.25, -0.2) is 0 Å². The number of rotatable bonds is 1. The minimum atomic E-state index is 0. The largest absolute Gasteiger partial charge is 0.396 e. The number of halogens is 1. The van der Waals surface area contributed by atoms with Crippen LogP contribution in [-0.2, 0) is 0 Å². The second-order valence-electron chi connectivity index (χ2n) is 2.43. The summed E-state index contributed by atoms with van der Waals surface area (Å²) in [5.41, 5.74) is 1.24. The quantitative estimate of drug-likeness (QED) is 0.562. The molecule has 1 atom stereocenters. The lowest BCUT2D eigenvalue weighted by Crippen LogP contribution is -2.00. The zero-order chi connectivity index (χ0) is 5.98. The Morgan fingerprint density at radius 1 is 1.67 bits per heavy atom. The lowest BCUT2D eigenvalue weighted by Gasteiger charge is -2.03. The average molecular weight is 149 g/mol. The Hall–Kier alpha value is -0.0100. The summed E-state index contributed by atoms with van der Waals surface area (Å²) in [6.07, 6.45) is 3.50. The lowest BCUT2D eigenvalue weighted by atomic mass is 10.1. The van der Waals surface area contributed by atoms with Crippen LogP contribution in [0.5, 0.6) is 0 Å². The molecule has 1 fully saturated rings. The van der Waals surface area contributed by atoms with Crippen LogP contribution >= 0.6 is 12.4 Å². The maximum atomic E-state index is 8.68. The van der Waals surface area contributed by atoms with E-state index < -0.39 is 0 Å². The normalized spacial score (nSPS) is 25.9. The van der Waals surface area contributed by atoms with Crippen molar-refractivity contribution in [3.8, 4) is 0 Å². The topological polar surface area (TPSA) is 20.2 Å². The molecular weight excluding hydrogens is 136 g/mol. The minimum Gasteiger partial charge on any atom is -0.396 e. The molecule has 1 N–H and O–H groups in total. The van der Waals surface area contributed by atoms with E-state index in [0.717, 1.165) is 12.8 Å². The van der Waals surface area contributed by atoms with Crippen molar-refractivity contribution in [2.75, 3.05) is 6.61 Å². The second-order valence-corrected chi connectivity index (χ2v) is 2.43. The fraction of sp³-hybridized carbons (Fsp3) is 0.714. The van der Waals surface area contributed by atoms with Crippen LogP contribution in [0.4, 0.5) is 0 Å². The molecule has 0 amide bonds. The monoisotopic (exact) mass is 148 g/mol. The molecule has 1 aliphatic carbocycles. The number of aliphatic hydroxyl groups excluding tert-OH is 1. The summed E-state index contributed by atoms with van der Waals surface area (Å²) < 4.78 is 0. The minimum absolute atomic E-state index is 0. The van der Waals surface area contributed by atoms with Gasteiger partial charge in [0, 0.05) is 12.5 Å². The van der Waals surface area contributed by atoms with E-state index in [1.807, 2.05) is 0 Å². The molecule has 1 unspecified atom stereocenters. The van der Waals surface area contributed by atoms with Crippen molar-refractivity contribution < 1.29 is 5.11 Å². The van der Waals surface area contributed by atoms with E-state index in [-0.39, 0.29) is 12.4 Å². The van der Waals surface area contributed by atoms with Gasteiger partial charge in [0.15, 0.2) is 0 Å². The summed E-state index contributed by atoms with van der Waals surface area (Å²) in [6, 6.07) is 0. The SMILES string of the molecule is C=C1CCCC1CO.Cl. The van der Waals surface area contributed by atoms with E-state index >= 15 is 0 Å². The van der Waals surface area contributed by atoms with E-state index in [2.05, 4.69) is 6.58 Å². The van der Waals surface area contributed by atoms with Gasteiger partial charge in [-0.15, -0.1) is 12.4 Å². The van der Waals surface area contributed by atoms with Crippen molar-refractivity contribution in [3.05, 3.63) is 12.2 Å². The summed E-state index contributed by atoms with van der Waals surface area (Å²) in [7, 11) is 0. The number of aliphatic hydroxyl groups is 1. The predicted molar refractivity (Wildman–Crippen MR) is 40.8 cm³/mol. The molecule has 0 aliphatic heterocycles. The highest BCUT2D eigenvalue weighted by molar-refractivity contribution is 5.85. The smallest absolute Gasteiger partial charge is 0.0496 e. The summed E-state index contributed by atoms with van der Waals surface area (Å²) >= 11 is 0. The van der Waals surface area contributed by atoms with Crippen molar-refractivity contribution in [2.24, 2.45) is 5.92 Å². The second kappa shape index (κ2) is 3.91. The van der Waals surface area contributed by atoms with Gasteiger partial charge in [-0.3, -0.25) is 0 Å². The fourth-order valence-corrected chi connectivity index (χ4v) is 1.20. The Kier molecular flexibility index (Phi) is 3.91. The number of hydrogen-bond acceptors (Lipinski definition) is 1. The average Bonchev–Trinajstić information content (AvgIpc) is 2.14. The van der Waals surface area contributed by atoms with E-state index in [0.29, 0.717) is 12.5 Å². The Bertz CT molecular complexity index is 101. The van der Waals surface area contributed by atoms with Gasteiger partial charge < -0.3 is 5.11 Å². The fourth-order valence-electron chi connectivity index (χ4n) is 1.20. The first-order chi connectivity index (χ1) is 3.84. The van der Waals surface area contributed by atoms with Crippen LogP contribution in [0, 0.1) is 5.92 Å². The van der Waals surface area contributed by atoms with Crippen LogP contribution in [0.2, 0.25) is 0 Å². The lowest BCUT2D eigenvalue weighted by molar-refractivity contribution is 0.249. The van der Waals surface area contributed by atoms with Gasteiger partial charge >= 0.3 is 0 Å². The van der Waals surface area contributed by atoms with Gasteiger partial charge in [0.25, 0.3) is 0 Å². The zero-order valence-corrected chi connectivity index (χ0v) is 6.28. The van der Waals surface area contributed by atoms with Crippen molar-refractivity contribution in [1.82, 2.24) is 0 Å². The maximum absolute atomic E-state index is 8.68. The molecule has 0 spiro atoms. The van der Waals surface area contributed by atoms with Gasteiger partial charge in [0.1, 0.15) is 0 Å². The van der Waals surface area contributed by atoms with Crippen LogP contribution in [0.3, 0.4) is 0 Å². The van der Waals surface area contributed by atoms with Crippen molar-refractivity contribution in [1.29, 1.82) is 0 Å². The molecule has 0 aromatic heterocycles. The molecule has 54 valence electrons. The van der Waals surface area contributed by atoms with Crippen LogP contribution in [0.15, 0.2) is 12.2 Å². The standard InChI is InChI=1S/C7H12O.ClH/c1-6-3-2-4-7(6)5-8;/h7-8H,1-5H2;1H. The van der Waals surface area contributed by atoms with Crippen LogP contribution in [0.1, 0.15) is 19.3 Å². The van der Waals surface area contributed by atoms with Gasteiger partial charge in [0.05, 0.1) is 0 Å². The Labute approximate surface area is 62.2 Å². The predicted octanol–water partition coefficient (Wildman–Crippen LogP) is 1.76. The van der Waals surface area contributed by atoms with Gasteiger partial charge in [-0.1, -0.05) is 12.2 Å². The molecule has 0 heterocycles. The molecule has 0 aromatic carbocycles. The van der Waals surface area contributed by atoms with Crippen molar-refractivity contribution >= 4 is 12.4 Å². The highest BCUT2D eigenvalue weighted by Gasteiger charge is 2.16. The molecule has 0 saturated heterocycles. The molecular formula is C7H13ClO. The van der Waals surface area contributed by atoms with Crippen LogP contribution in [0.25, 0.3) is 0 Å². The Balaban J connectivity index is 0.000000640. The molecule has 1 aliphatic rings. The molecule has 0 radical (unpaired) electrons. The van der Waals surface area contributed by atoms with E-state index in [1.165, 1.54) is 12.0 Å². The Morgan fingerprint density at radius 2 is 2.33 bits per heavy atom. The molecule has 1 nitrogen and oxygen atoms in total. The molecule has 0 bridgehead atoms. The molecule has 1 saturated carbocycles. The highest BCUT2D eigenvalue weighted by Crippen LogP contribution is 2.28. The summed E-state index contributed by atoms with van der Waals surface area (Å²) in [5.74, 6) is 0.426. The van der Waals surface area contributed by atoms with Gasteiger partial charge in [0.2, 0.25) is 0 Å². The Morgan fingerprint density at radius 3 is 2.56 bits per heavy atom. The van der Waals surface area contributed by atoms with E-state index in [4.69, 9.17) is 5.11 Å². The third-order valence-corrected chi connectivity index (χ3v) is 1.85. The first-order valence-corrected chi connectivity index (χ1v) is 3.13. The number of hydrogen-bond donors (Lipinski definition) is 1. The first kappa shape index (κ1) is 8.99. The highest BCUT2D eigenvalue weighted by atomic mass is 35.5. The van der Waals surface area contributed by atoms with Crippen molar-refractivity contribution in [3.63, 3.8) is 0 Å². The third-order valence-electron chi connectivity index (χ3n) is 1.85. The first-order valence-electron chi connectivity index (χ1n) is 3.13. The molecule has 1 rings (SSSR count). The van der Waals surface area contributed by atoms with Crippen LogP contribution < -0.4 is 0 Å². The van der Waals surface area contributed by atoms with E-state index in [1.54, 1.807) is 0 Å². The van der Waals surface area contributed by atoms with Gasteiger partial charge in [-0.05, 0) is 19.3 Å². The van der Waals surface area contributed by atoms with Crippen LogP contribution in [-0.4, -0.2) is 11.7 Å². The maximum Gasteiger partial charge on any atom is 0.0496 e. The molecule has 2 heteroatoms. The van der Waals surface area contributed by atoms with Gasteiger partial charge in [-0.2, -0.15) is 0 Å². The van der Waals surface area contributed by atoms with E-state index in [9.17, 15) is 0 Å².